The summed E-state index contributed by atoms with van der Waals surface area (Å²) < 4.78 is 29.8. The van der Waals surface area contributed by atoms with Gasteiger partial charge in [0.15, 0.2) is 10.5 Å². The molecule has 1 N–H and O–H groups in total. The molecule has 0 saturated carbocycles. The first-order valence-electron chi connectivity index (χ1n) is 7.92. The van der Waals surface area contributed by atoms with E-state index >= 15 is 0 Å². The summed E-state index contributed by atoms with van der Waals surface area (Å²) in [5.41, 5.74) is -0.0390. The van der Waals surface area contributed by atoms with Gasteiger partial charge in [0.05, 0.1) is 10.5 Å². The molecule has 2 aromatic rings. The smallest absolute Gasteiger partial charge is 0.344 e. The predicted molar refractivity (Wildman–Crippen MR) is 110 cm³/mol. The van der Waals surface area contributed by atoms with Crippen LogP contribution < -0.4 is 10.1 Å². The number of aliphatic imine (C=N–C) groups is 1. The Morgan fingerprint density at radius 2 is 2.13 bits per heavy atom. The van der Waals surface area contributed by atoms with Gasteiger partial charge in [-0.2, -0.15) is 0 Å². The Morgan fingerprint density at radius 3 is 2.77 bits per heavy atom. The van der Waals surface area contributed by atoms with Crippen LogP contribution >= 0.6 is 34.7 Å². The number of amides is 1. The first kappa shape index (κ1) is 22.1. The number of thioether (sulfide) groups is 1. The van der Waals surface area contributed by atoms with Gasteiger partial charge < -0.3 is 10.1 Å². The number of carbonyl (C=O) groups is 2. The van der Waals surface area contributed by atoms with E-state index < -0.39 is 41.4 Å². The summed E-state index contributed by atoms with van der Waals surface area (Å²) >= 11 is 7.30. The molecular formula is C15H11ClN4O7S3. The summed E-state index contributed by atoms with van der Waals surface area (Å²) in [6.07, 6.45) is 0.863. The zero-order chi connectivity index (χ0) is 22.1. The number of sulfone groups is 1. The summed E-state index contributed by atoms with van der Waals surface area (Å²) in [7, 11) is -4.06. The Balaban J connectivity index is 1.80. The van der Waals surface area contributed by atoms with E-state index in [9.17, 15) is 28.1 Å². The maximum Gasteiger partial charge on any atom is 0.344 e. The average molecular weight is 491 g/mol. The fraction of sp³-hybridized carbons (Fsp3) is 0.200. The number of ether oxygens (including phenoxy) is 1. The number of nitrogens with one attached hydrogen (secondary N) is 1. The highest BCUT2D eigenvalue weighted by Crippen LogP contribution is 2.31. The van der Waals surface area contributed by atoms with Gasteiger partial charge in [-0.25, -0.2) is 18.4 Å². The number of benzene rings is 1. The third-order valence-electron chi connectivity index (χ3n) is 3.54. The van der Waals surface area contributed by atoms with Gasteiger partial charge in [0.25, 0.3) is 5.91 Å². The zero-order valence-corrected chi connectivity index (χ0v) is 18.1. The Hall–Kier alpha value is -2.55. The van der Waals surface area contributed by atoms with Crippen molar-refractivity contribution in [2.24, 2.45) is 4.99 Å². The van der Waals surface area contributed by atoms with Gasteiger partial charge in [-0.15, -0.1) is 0 Å². The quantitative estimate of drug-likeness (QED) is 0.287. The van der Waals surface area contributed by atoms with Crippen LogP contribution in [0, 0.1) is 10.1 Å². The Morgan fingerprint density at radius 1 is 1.40 bits per heavy atom. The largest absolute Gasteiger partial charge is 0.426 e. The second kappa shape index (κ2) is 8.67. The van der Waals surface area contributed by atoms with Crippen LogP contribution in [0.5, 0.6) is 5.75 Å². The molecule has 0 fully saturated rings. The fourth-order valence-electron chi connectivity index (χ4n) is 2.25. The molecule has 11 nitrogen and oxygen atoms in total. The second-order valence-corrected chi connectivity index (χ2v) is 10.4. The number of carbonyl (C=O) groups excluding carboxylic acids is 2. The molecule has 0 spiro atoms. The van der Waals surface area contributed by atoms with E-state index in [-0.39, 0.29) is 27.3 Å². The lowest BCUT2D eigenvalue weighted by Gasteiger charge is -2.09. The highest BCUT2D eigenvalue weighted by molar-refractivity contribution is 8.15. The number of nitrogens with zero attached hydrogens (tertiary/aromatic N) is 3. The normalized spacial score (nSPS) is 16.1. The standard InChI is InChI=1S/C15H11ClN4O7S3/c1-7(21)27-10-3-2-8(16)4-9(10)13(22)19-14-18-11(6-28-14)30(25,26)15-17-5-12(29-15)20(23)24/h2-5,11H,6H2,1H3,(H,18,19,22). The Kier molecular flexibility index (Phi) is 6.40. The van der Waals surface area contributed by atoms with Crippen molar-refractivity contribution in [2.75, 3.05) is 5.75 Å². The number of esters is 1. The first-order valence-corrected chi connectivity index (χ1v) is 11.6. The van der Waals surface area contributed by atoms with Crippen molar-refractivity contribution in [3.63, 3.8) is 0 Å². The van der Waals surface area contributed by atoms with Gasteiger partial charge in [-0.05, 0) is 29.5 Å². The number of halogens is 1. The number of thiazole rings is 1. The van der Waals surface area contributed by atoms with Gasteiger partial charge in [-0.3, -0.25) is 19.7 Å². The Bertz CT molecular complexity index is 1180. The lowest BCUT2D eigenvalue weighted by atomic mass is 10.2. The molecule has 0 bridgehead atoms. The van der Waals surface area contributed by atoms with Crippen LogP contribution in [0.3, 0.4) is 0 Å². The summed E-state index contributed by atoms with van der Waals surface area (Å²) in [4.78, 5) is 41.4. The summed E-state index contributed by atoms with van der Waals surface area (Å²) in [5.74, 6) is -1.38. The number of aromatic nitrogens is 1. The first-order chi connectivity index (χ1) is 14.1. The summed E-state index contributed by atoms with van der Waals surface area (Å²) in [6.45, 7) is 1.17. The van der Waals surface area contributed by atoms with Gasteiger partial charge in [0, 0.05) is 17.7 Å². The minimum absolute atomic E-state index is 0.0162. The van der Waals surface area contributed by atoms with Gasteiger partial charge in [0.2, 0.25) is 14.2 Å². The van der Waals surface area contributed by atoms with Crippen molar-refractivity contribution in [2.45, 2.75) is 16.6 Å². The number of rotatable bonds is 5. The number of hydrogen-bond acceptors (Lipinski definition) is 11. The molecule has 1 amide bonds. The third kappa shape index (κ3) is 4.77. The molecule has 0 saturated heterocycles. The molecule has 0 radical (unpaired) electrons. The zero-order valence-electron chi connectivity index (χ0n) is 14.9. The molecule has 1 unspecified atom stereocenters. The molecule has 1 aromatic carbocycles. The van der Waals surface area contributed by atoms with Crippen LogP contribution in [0.2, 0.25) is 5.02 Å². The van der Waals surface area contributed by atoms with Gasteiger partial charge in [0.1, 0.15) is 11.9 Å². The molecule has 1 aromatic heterocycles. The van der Waals surface area contributed by atoms with E-state index in [0.29, 0.717) is 11.3 Å². The SMILES string of the molecule is CC(=O)Oc1ccc(Cl)cc1C(=O)NC1=NC(S(=O)(=O)c2ncc([N+](=O)[O-])s2)CS1. The minimum atomic E-state index is -4.06. The third-order valence-corrected chi connectivity index (χ3v) is 8.22. The van der Waals surface area contributed by atoms with E-state index in [2.05, 4.69) is 15.3 Å². The van der Waals surface area contributed by atoms with Crippen molar-refractivity contribution in [3.8, 4) is 5.75 Å². The van der Waals surface area contributed by atoms with E-state index in [4.69, 9.17) is 16.3 Å². The van der Waals surface area contributed by atoms with E-state index in [0.717, 1.165) is 18.0 Å². The van der Waals surface area contributed by atoms with E-state index in [1.165, 1.54) is 25.1 Å². The van der Waals surface area contributed by atoms with Crippen LogP contribution in [-0.2, 0) is 14.6 Å². The summed E-state index contributed by atoms with van der Waals surface area (Å²) in [6, 6.07) is 4.08. The molecule has 1 atom stereocenters. The molecule has 0 aliphatic carbocycles. The topological polar surface area (TPSA) is 158 Å². The van der Waals surface area contributed by atoms with Crippen molar-refractivity contribution in [1.29, 1.82) is 0 Å². The lowest BCUT2D eigenvalue weighted by molar-refractivity contribution is -0.380. The van der Waals surface area contributed by atoms with E-state index in [1.54, 1.807) is 0 Å². The molecule has 3 rings (SSSR count). The van der Waals surface area contributed by atoms with Crippen molar-refractivity contribution >= 4 is 66.6 Å². The predicted octanol–water partition coefficient (Wildman–Crippen LogP) is 2.26. The van der Waals surface area contributed by atoms with Gasteiger partial charge in [-0.1, -0.05) is 23.4 Å². The van der Waals surface area contributed by atoms with Crippen LogP contribution in [0.1, 0.15) is 17.3 Å². The van der Waals surface area contributed by atoms with Gasteiger partial charge >= 0.3 is 11.0 Å². The highest BCUT2D eigenvalue weighted by Gasteiger charge is 2.36. The molecule has 1 aliphatic heterocycles. The molecule has 15 heteroatoms. The molecule has 1 aliphatic rings. The van der Waals surface area contributed by atoms with Crippen molar-refractivity contribution in [1.82, 2.24) is 10.3 Å². The molecule has 30 heavy (non-hydrogen) atoms. The summed E-state index contributed by atoms with van der Waals surface area (Å²) in [5, 5.41) is 11.8. The van der Waals surface area contributed by atoms with Crippen LogP contribution in [0.15, 0.2) is 33.7 Å². The lowest BCUT2D eigenvalue weighted by Crippen LogP contribution is -2.28. The maximum atomic E-state index is 12.6. The van der Waals surface area contributed by atoms with Crippen LogP contribution in [0.4, 0.5) is 5.00 Å². The van der Waals surface area contributed by atoms with Crippen LogP contribution in [-0.4, -0.2) is 46.5 Å². The highest BCUT2D eigenvalue weighted by atomic mass is 35.5. The minimum Gasteiger partial charge on any atom is -0.426 e. The van der Waals surface area contributed by atoms with Crippen molar-refractivity contribution in [3.05, 3.63) is 45.1 Å². The van der Waals surface area contributed by atoms with E-state index in [1.807, 2.05) is 0 Å². The van der Waals surface area contributed by atoms with Crippen molar-refractivity contribution < 1.29 is 27.7 Å². The second-order valence-electron chi connectivity index (χ2n) is 5.65. The number of nitro groups is 1. The molecule has 2 heterocycles. The molecular weight excluding hydrogens is 480 g/mol. The number of amidine groups is 1. The molecule has 158 valence electrons. The maximum absolute atomic E-state index is 12.6. The van der Waals surface area contributed by atoms with Crippen LogP contribution in [0.25, 0.3) is 0 Å². The average Bonchev–Trinajstić information content (AvgIpc) is 3.33. The Labute approximate surface area is 182 Å². The fourth-order valence-corrected chi connectivity index (χ4v) is 6.35. The number of hydrogen-bond donors (Lipinski definition) is 1. The monoisotopic (exact) mass is 490 g/mol.